The van der Waals surface area contributed by atoms with Gasteiger partial charge in [0.25, 0.3) is 0 Å². The molecule has 15 heavy (non-hydrogen) atoms. The highest BCUT2D eigenvalue weighted by molar-refractivity contribution is 5.77. The molecule has 2 N–H and O–H groups in total. The van der Waals surface area contributed by atoms with Crippen molar-refractivity contribution in [2.45, 2.75) is 44.6 Å². The average Bonchev–Trinajstić information content (AvgIpc) is 2.18. The summed E-state index contributed by atoms with van der Waals surface area (Å²) in [6, 6.07) is 0. The third-order valence-corrected chi connectivity index (χ3v) is 2.84. The summed E-state index contributed by atoms with van der Waals surface area (Å²) in [7, 11) is 0. The van der Waals surface area contributed by atoms with Crippen molar-refractivity contribution in [3.8, 4) is 0 Å². The van der Waals surface area contributed by atoms with Crippen LogP contribution in [0.15, 0.2) is 0 Å². The minimum absolute atomic E-state index is 0.0140. The van der Waals surface area contributed by atoms with E-state index in [9.17, 15) is 4.79 Å². The first-order valence-electron chi connectivity index (χ1n) is 5.72. The summed E-state index contributed by atoms with van der Waals surface area (Å²) >= 11 is 0. The number of rotatable bonds is 7. The van der Waals surface area contributed by atoms with Gasteiger partial charge >= 0.3 is 0 Å². The molecule has 88 valence electrons. The van der Waals surface area contributed by atoms with E-state index in [1.165, 1.54) is 0 Å². The second kappa shape index (κ2) is 6.08. The minimum Gasteiger partial charge on any atom is -0.394 e. The second-order valence-electron chi connectivity index (χ2n) is 4.20. The van der Waals surface area contributed by atoms with Crippen LogP contribution < -0.4 is 5.32 Å². The van der Waals surface area contributed by atoms with Crippen LogP contribution in [0.25, 0.3) is 0 Å². The molecule has 0 radical (unpaired) electrons. The van der Waals surface area contributed by atoms with Crippen LogP contribution in [0.3, 0.4) is 0 Å². The number of aliphatic hydroxyl groups is 1. The Hall–Kier alpha value is -0.610. The summed E-state index contributed by atoms with van der Waals surface area (Å²) in [6.07, 6.45) is 4.24. The van der Waals surface area contributed by atoms with E-state index in [4.69, 9.17) is 9.84 Å². The van der Waals surface area contributed by atoms with Gasteiger partial charge in [-0.2, -0.15) is 0 Å². The molecule has 0 saturated heterocycles. The lowest BCUT2D eigenvalue weighted by molar-refractivity contribution is -0.126. The molecule has 1 aliphatic rings. The second-order valence-corrected chi connectivity index (χ2v) is 4.20. The van der Waals surface area contributed by atoms with Crippen molar-refractivity contribution in [3.63, 3.8) is 0 Å². The predicted molar refractivity (Wildman–Crippen MR) is 57.5 cm³/mol. The number of amides is 1. The third kappa shape index (κ3) is 3.80. The van der Waals surface area contributed by atoms with Gasteiger partial charge in [0.05, 0.1) is 18.8 Å². The molecule has 4 nitrogen and oxygen atoms in total. The van der Waals surface area contributed by atoms with Crippen molar-refractivity contribution in [1.29, 1.82) is 0 Å². The Bertz CT molecular complexity index is 196. The normalized spacial score (nSPS) is 18.3. The van der Waals surface area contributed by atoms with Gasteiger partial charge < -0.3 is 15.2 Å². The Balaban J connectivity index is 2.12. The Morgan fingerprint density at radius 3 is 2.67 bits per heavy atom. The van der Waals surface area contributed by atoms with Crippen molar-refractivity contribution < 1.29 is 14.6 Å². The Labute approximate surface area is 91.0 Å². The molecule has 0 aromatic rings. The van der Waals surface area contributed by atoms with E-state index < -0.39 is 0 Å². The summed E-state index contributed by atoms with van der Waals surface area (Å²) in [4.78, 5) is 11.5. The maximum absolute atomic E-state index is 11.5. The Morgan fingerprint density at radius 2 is 2.20 bits per heavy atom. The van der Waals surface area contributed by atoms with Crippen LogP contribution in [0.5, 0.6) is 0 Å². The predicted octanol–water partition coefficient (Wildman–Crippen LogP) is 0.834. The third-order valence-electron chi connectivity index (χ3n) is 2.84. The van der Waals surface area contributed by atoms with Gasteiger partial charge in [-0.1, -0.05) is 6.92 Å². The molecule has 1 rings (SSSR count). The van der Waals surface area contributed by atoms with Crippen LogP contribution in [0.1, 0.15) is 39.0 Å². The van der Waals surface area contributed by atoms with E-state index in [0.29, 0.717) is 19.6 Å². The highest BCUT2D eigenvalue weighted by atomic mass is 16.5. The highest BCUT2D eigenvalue weighted by Crippen LogP contribution is 2.31. The quantitative estimate of drug-likeness (QED) is 0.619. The van der Waals surface area contributed by atoms with Gasteiger partial charge in [0, 0.05) is 13.0 Å². The summed E-state index contributed by atoms with van der Waals surface area (Å²) < 4.78 is 5.23. The first-order chi connectivity index (χ1) is 7.22. The van der Waals surface area contributed by atoms with E-state index in [1.54, 1.807) is 0 Å². The number of carbonyl (C=O) groups excluding carboxylic acids is 1. The zero-order chi connectivity index (χ0) is 11.1. The molecule has 0 heterocycles. The first kappa shape index (κ1) is 12.5. The Morgan fingerprint density at radius 1 is 1.47 bits per heavy atom. The number of hydrogen-bond acceptors (Lipinski definition) is 3. The van der Waals surface area contributed by atoms with E-state index in [0.717, 1.165) is 25.7 Å². The van der Waals surface area contributed by atoms with Gasteiger partial charge in [-0.3, -0.25) is 4.79 Å². The zero-order valence-electron chi connectivity index (χ0n) is 9.42. The van der Waals surface area contributed by atoms with E-state index in [-0.39, 0.29) is 18.1 Å². The molecular weight excluding hydrogens is 194 g/mol. The van der Waals surface area contributed by atoms with Crippen molar-refractivity contribution >= 4 is 5.91 Å². The average molecular weight is 215 g/mol. The van der Waals surface area contributed by atoms with Gasteiger partial charge in [0.1, 0.15) is 0 Å². The van der Waals surface area contributed by atoms with Crippen LogP contribution in [0, 0.1) is 0 Å². The molecule has 0 spiro atoms. The number of nitrogens with one attached hydrogen (secondary N) is 1. The Kier molecular flexibility index (Phi) is 5.05. The number of carbonyl (C=O) groups is 1. The molecule has 0 aromatic heterocycles. The molecule has 0 bridgehead atoms. The van der Waals surface area contributed by atoms with Gasteiger partial charge in [-0.25, -0.2) is 0 Å². The standard InChI is InChI=1S/C11H21NO3/c1-2-7-15-8-4-10(14)12-11(9-13)5-3-6-11/h13H,2-9H2,1H3,(H,12,14). The van der Waals surface area contributed by atoms with Crippen LogP contribution in [0.2, 0.25) is 0 Å². The van der Waals surface area contributed by atoms with Crippen LogP contribution >= 0.6 is 0 Å². The smallest absolute Gasteiger partial charge is 0.222 e. The minimum atomic E-state index is -0.318. The molecule has 0 aliphatic heterocycles. The lowest BCUT2D eigenvalue weighted by Crippen LogP contribution is -2.56. The molecular formula is C11H21NO3. The lowest BCUT2D eigenvalue weighted by Gasteiger charge is -2.40. The number of ether oxygens (including phenoxy) is 1. The zero-order valence-corrected chi connectivity index (χ0v) is 9.42. The van der Waals surface area contributed by atoms with Crippen molar-refractivity contribution in [1.82, 2.24) is 5.32 Å². The van der Waals surface area contributed by atoms with Crippen molar-refractivity contribution in [3.05, 3.63) is 0 Å². The van der Waals surface area contributed by atoms with Crippen molar-refractivity contribution in [2.75, 3.05) is 19.8 Å². The molecule has 1 aliphatic carbocycles. The largest absolute Gasteiger partial charge is 0.394 e. The summed E-state index contributed by atoms with van der Waals surface area (Å²) in [6.45, 7) is 3.27. The molecule has 1 saturated carbocycles. The highest BCUT2D eigenvalue weighted by Gasteiger charge is 2.37. The van der Waals surface area contributed by atoms with Gasteiger partial charge in [-0.05, 0) is 25.7 Å². The van der Waals surface area contributed by atoms with Gasteiger partial charge in [0.15, 0.2) is 0 Å². The fraction of sp³-hybridized carbons (Fsp3) is 0.909. The molecule has 1 fully saturated rings. The molecule has 0 atom stereocenters. The maximum atomic E-state index is 11.5. The first-order valence-corrected chi connectivity index (χ1v) is 5.72. The van der Waals surface area contributed by atoms with E-state index >= 15 is 0 Å². The van der Waals surface area contributed by atoms with Crippen LogP contribution in [-0.4, -0.2) is 36.4 Å². The topological polar surface area (TPSA) is 58.6 Å². The van der Waals surface area contributed by atoms with Gasteiger partial charge in [0.2, 0.25) is 5.91 Å². The molecule has 0 unspecified atom stereocenters. The maximum Gasteiger partial charge on any atom is 0.222 e. The van der Waals surface area contributed by atoms with Gasteiger partial charge in [-0.15, -0.1) is 0 Å². The fourth-order valence-electron chi connectivity index (χ4n) is 1.70. The molecule has 0 aromatic carbocycles. The summed E-state index contributed by atoms with van der Waals surface area (Å²) in [5, 5.41) is 12.0. The monoisotopic (exact) mass is 215 g/mol. The summed E-state index contributed by atoms with van der Waals surface area (Å²) in [5.41, 5.74) is -0.318. The van der Waals surface area contributed by atoms with Crippen LogP contribution in [0.4, 0.5) is 0 Å². The molecule has 4 heteroatoms. The van der Waals surface area contributed by atoms with Crippen molar-refractivity contribution in [2.24, 2.45) is 0 Å². The van der Waals surface area contributed by atoms with E-state index in [2.05, 4.69) is 5.32 Å². The van der Waals surface area contributed by atoms with Crippen LogP contribution in [-0.2, 0) is 9.53 Å². The molecule has 1 amide bonds. The number of aliphatic hydroxyl groups excluding tert-OH is 1. The summed E-state index contributed by atoms with van der Waals surface area (Å²) in [5.74, 6) is -0.0140. The fourth-order valence-corrected chi connectivity index (χ4v) is 1.70. The number of hydrogen-bond donors (Lipinski definition) is 2. The lowest BCUT2D eigenvalue weighted by atomic mass is 9.77. The van der Waals surface area contributed by atoms with E-state index in [1.807, 2.05) is 6.92 Å². The SMILES string of the molecule is CCCOCCC(=O)NC1(CO)CCC1.